The van der Waals surface area contributed by atoms with E-state index in [1.54, 1.807) is 32.0 Å². The average Bonchev–Trinajstić information content (AvgIpc) is 2.80. The van der Waals surface area contributed by atoms with Crippen LogP contribution in [0.25, 0.3) is 0 Å². The molecular formula is C15H19N2NaO5S. The monoisotopic (exact) mass is 362 g/mol. The molecule has 0 aromatic heterocycles. The van der Waals surface area contributed by atoms with Gasteiger partial charge in [0, 0.05) is 4.75 Å². The van der Waals surface area contributed by atoms with Gasteiger partial charge in [-0.15, -0.1) is 11.8 Å². The van der Waals surface area contributed by atoms with Crippen LogP contribution in [-0.4, -0.2) is 42.4 Å². The van der Waals surface area contributed by atoms with Crippen LogP contribution >= 0.6 is 11.8 Å². The van der Waals surface area contributed by atoms with Crippen molar-refractivity contribution in [3.05, 3.63) is 23.8 Å². The molecule has 1 aliphatic heterocycles. The Labute approximate surface area is 167 Å². The number of benzene rings is 1. The molecule has 1 amide bonds. The third-order valence-electron chi connectivity index (χ3n) is 3.59. The second-order valence-electron chi connectivity index (χ2n) is 5.53. The van der Waals surface area contributed by atoms with E-state index in [0.717, 1.165) is 0 Å². The largest absolute Gasteiger partial charge is 1.00 e. The third kappa shape index (κ3) is 4.37. The molecule has 0 radical (unpaired) electrons. The zero-order chi connectivity index (χ0) is 17.2. The number of ether oxygens (including phenoxy) is 2. The van der Waals surface area contributed by atoms with Crippen LogP contribution < -0.4 is 54.8 Å². The van der Waals surface area contributed by atoms with Crippen molar-refractivity contribution in [1.29, 1.82) is 0 Å². The van der Waals surface area contributed by atoms with Crippen molar-refractivity contribution in [2.24, 2.45) is 0 Å². The van der Waals surface area contributed by atoms with Gasteiger partial charge in [0.25, 0.3) is 5.91 Å². The van der Waals surface area contributed by atoms with Gasteiger partial charge in [-0.25, -0.2) is 0 Å². The van der Waals surface area contributed by atoms with Crippen LogP contribution in [0.15, 0.2) is 18.2 Å². The van der Waals surface area contributed by atoms with Gasteiger partial charge in [-0.3, -0.25) is 10.1 Å². The molecule has 2 atom stereocenters. The first-order valence-corrected chi connectivity index (χ1v) is 7.84. The van der Waals surface area contributed by atoms with E-state index in [-0.39, 0.29) is 35.1 Å². The summed E-state index contributed by atoms with van der Waals surface area (Å²) in [5, 5.41) is 16.8. The van der Waals surface area contributed by atoms with E-state index in [2.05, 4.69) is 10.6 Å². The standard InChI is InChI=1S/C15H20N2O5S.Na/c1-15(2)11(13(19)20)16-14(23-15)17-12(18)10-8(21-3)6-5-7-9(10)22-4;/h5-7,11,14,16H,1-4H3,(H,17,18)(H,19,20);/q;+1/p-1. The molecule has 1 fully saturated rings. The van der Waals surface area contributed by atoms with Crippen LogP contribution in [0, 0.1) is 0 Å². The zero-order valence-electron chi connectivity index (χ0n) is 14.3. The first kappa shape index (κ1) is 21.1. The Balaban J connectivity index is 0.00000288. The Kier molecular flexibility index (Phi) is 7.43. The number of amides is 1. The van der Waals surface area contributed by atoms with Gasteiger partial charge in [0.15, 0.2) is 0 Å². The Hall–Kier alpha value is -0.930. The molecule has 0 bridgehead atoms. The number of rotatable bonds is 5. The van der Waals surface area contributed by atoms with Gasteiger partial charge in [0.05, 0.1) is 26.2 Å². The Bertz CT molecular complexity index is 604. The molecule has 0 aliphatic carbocycles. The molecule has 2 N–H and O–H groups in total. The predicted octanol–water partition coefficient (Wildman–Crippen LogP) is -3.05. The molecule has 2 unspecified atom stereocenters. The smallest absolute Gasteiger partial charge is 0.548 e. The molecular weight excluding hydrogens is 343 g/mol. The molecule has 1 saturated heterocycles. The van der Waals surface area contributed by atoms with Crippen LogP contribution in [0.3, 0.4) is 0 Å². The minimum absolute atomic E-state index is 0. The summed E-state index contributed by atoms with van der Waals surface area (Å²) < 4.78 is 9.79. The van der Waals surface area contributed by atoms with Crippen LogP contribution in [0.4, 0.5) is 0 Å². The Morgan fingerprint density at radius 3 is 2.21 bits per heavy atom. The third-order valence-corrected chi connectivity index (χ3v) is 4.92. The average molecular weight is 362 g/mol. The fraction of sp³-hybridized carbons (Fsp3) is 0.467. The number of thioether (sulfide) groups is 1. The van der Waals surface area contributed by atoms with Crippen molar-refractivity contribution in [3.8, 4) is 11.5 Å². The molecule has 9 heteroatoms. The van der Waals surface area contributed by atoms with Gasteiger partial charge in [-0.2, -0.15) is 0 Å². The number of carboxylic acids is 1. The molecule has 1 heterocycles. The van der Waals surface area contributed by atoms with Gasteiger partial charge >= 0.3 is 29.6 Å². The van der Waals surface area contributed by atoms with E-state index < -0.39 is 28.2 Å². The van der Waals surface area contributed by atoms with Gasteiger partial charge in [0.2, 0.25) is 0 Å². The number of carbonyl (C=O) groups excluding carboxylic acids is 2. The number of aliphatic carboxylic acids is 1. The van der Waals surface area contributed by atoms with Crippen LogP contribution in [-0.2, 0) is 4.79 Å². The van der Waals surface area contributed by atoms with E-state index in [0.29, 0.717) is 11.5 Å². The molecule has 1 aromatic rings. The summed E-state index contributed by atoms with van der Waals surface area (Å²) in [6.07, 6.45) is 0. The maximum atomic E-state index is 12.6. The minimum atomic E-state index is -1.20. The number of hydrogen-bond acceptors (Lipinski definition) is 7. The summed E-state index contributed by atoms with van der Waals surface area (Å²) >= 11 is 1.31. The number of nitrogens with one attached hydrogen (secondary N) is 2. The Morgan fingerprint density at radius 1 is 1.25 bits per heavy atom. The van der Waals surface area contributed by atoms with E-state index >= 15 is 0 Å². The maximum absolute atomic E-state index is 12.6. The summed E-state index contributed by atoms with van der Waals surface area (Å²) in [4.78, 5) is 23.7. The first-order chi connectivity index (χ1) is 10.8. The van der Waals surface area contributed by atoms with E-state index in [4.69, 9.17) is 9.47 Å². The van der Waals surface area contributed by atoms with Crippen molar-refractivity contribution >= 4 is 23.6 Å². The quantitative estimate of drug-likeness (QED) is 0.537. The van der Waals surface area contributed by atoms with Crippen LogP contribution in [0.1, 0.15) is 24.2 Å². The normalized spacial score (nSPS) is 21.5. The van der Waals surface area contributed by atoms with Crippen LogP contribution in [0.5, 0.6) is 11.5 Å². The van der Waals surface area contributed by atoms with Crippen molar-refractivity contribution in [1.82, 2.24) is 10.6 Å². The molecule has 7 nitrogen and oxygen atoms in total. The molecule has 1 aromatic carbocycles. The number of hydrogen-bond donors (Lipinski definition) is 2. The fourth-order valence-electron chi connectivity index (χ4n) is 2.45. The molecule has 2 rings (SSSR count). The number of methoxy groups -OCH3 is 2. The van der Waals surface area contributed by atoms with Crippen molar-refractivity contribution in [2.75, 3.05) is 14.2 Å². The minimum Gasteiger partial charge on any atom is -0.548 e. The van der Waals surface area contributed by atoms with Gasteiger partial charge in [-0.05, 0) is 26.0 Å². The van der Waals surface area contributed by atoms with Crippen molar-refractivity contribution in [2.45, 2.75) is 30.1 Å². The molecule has 1 aliphatic rings. The van der Waals surface area contributed by atoms with Gasteiger partial charge in [0.1, 0.15) is 22.6 Å². The van der Waals surface area contributed by atoms with Crippen molar-refractivity contribution in [3.63, 3.8) is 0 Å². The van der Waals surface area contributed by atoms with Crippen LogP contribution in [0.2, 0.25) is 0 Å². The molecule has 126 valence electrons. The fourth-order valence-corrected chi connectivity index (χ4v) is 3.73. The summed E-state index contributed by atoms with van der Waals surface area (Å²) in [5.41, 5.74) is -0.301. The number of carbonyl (C=O) groups is 2. The SMILES string of the molecule is COc1cccc(OC)c1C(=O)NC1NC(C(=O)[O-])C(C)(C)S1.[Na+]. The van der Waals surface area contributed by atoms with E-state index in [9.17, 15) is 14.7 Å². The number of carboxylic acid groups (broad SMARTS) is 1. The predicted molar refractivity (Wildman–Crippen MR) is 84.4 cm³/mol. The second kappa shape index (κ2) is 8.44. The van der Waals surface area contributed by atoms with E-state index in [1.165, 1.54) is 26.0 Å². The van der Waals surface area contributed by atoms with Gasteiger partial charge in [-0.1, -0.05) is 6.07 Å². The Morgan fingerprint density at radius 2 is 1.79 bits per heavy atom. The second-order valence-corrected chi connectivity index (χ2v) is 7.29. The maximum Gasteiger partial charge on any atom is 1.00 e. The van der Waals surface area contributed by atoms with Crippen molar-refractivity contribution < 1.29 is 53.7 Å². The molecule has 0 saturated carbocycles. The summed E-state index contributed by atoms with van der Waals surface area (Å²) in [6.45, 7) is 3.56. The zero-order valence-corrected chi connectivity index (χ0v) is 17.2. The topological polar surface area (TPSA) is 99.7 Å². The van der Waals surface area contributed by atoms with Gasteiger partial charge < -0.3 is 24.7 Å². The molecule has 24 heavy (non-hydrogen) atoms. The molecule has 0 spiro atoms. The summed E-state index contributed by atoms with van der Waals surface area (Å²) in [6, 6.07) is 4.16. The summed E-state index contributed by atoms with van der Waals surface area (Å²) in [5.74, 6) is -0.866. The first-order valence-electron chi connectivity index (χ1n) is 6.96. The van der Waals surface area contributed by atoms with E-state index in [1.807, 2.05) is 0 Å². The summed E-state index contributed by atoms with van der Waals surface area (Å²) in [7, 11) is 2.92.